The molecule has 0 saturated carbocycles. The standard InChI is InChI=1S/C21H33N3O5/c1-13(2)11-16(23-20(28)29)18(26)22-15(12-14-9-7-6-8-10-14)17(25)19(27)24-21(3,4)5/h6-10,13,15-17,23,25H,11-12H2,1-5H3,(H,22,26)(H,24,27)(H,28,29)/t15?,16-,17?/m0/s1. The van der Waals surface area contributed by atoms with Gasteiger partial charge in [0.2, 0.25) is 5.91 Å². The Labute approximate surface area is 172 Å². The van der Waals surface area contributed by atoms with Crippen molar-refractivity contribution in [2.45, 2.75) is 71.2 Å². The smallest absolute Gasteiger partial charge is 0.405 e. The summed E-state index contributed by atoms with van der Waals surface area (Å²) in [7, 11) is 0. The number of carbonyl (C=O) groups is 3. The molecule has 0 aliphatic heterocycles. The highest BCUT2D eigenvalue weighted by Gasteiger charge is 2.32. The highest BCUT2D eigenvalue weighted by molar-refractivity contribution is 5.87. The van der Waals surface area contributed by atoms with Crippen molar-refractivity contribution in [2.75, 3.05) is 0 Å². The number of hydrogen-bond donors (Lipinski definition) is 5. The highest BCUT2D eigenvalue weighted by atomic mass is 16.4. The van der Waals surface area contributed by atoms with Crippen LogP contribution in [-0.2, 0) is 16.0 Å². The zero-order valence-corrected chi connectivity index (χ0v) is 17.7. The molecule has 2 unspecified atom stereocenters. The number of aliphatic hydroxyl groups excluding tert-OH is 1. The lowest BCUT2D eigenvalue weighted by Crippen LogP contribution is -2.58. The van der Waals surface area contributed by atoms with Crippen LogP contribution < -0.4 is 16.0 Å². The Bertz CT molecular complexity index is 685. The molecule has 0 radical (unpaired) electrons. The van der Waals surface area contributed by atoms with Crippen LogP contribution in [0, 0.1) is 5.92 Å². The molecule has 1 aromatic carbocycles. The molecule has 5 N–H and O–H groups in total. The summed E-state index contributed by atoms with van der Waals surface area (Å²) in [5, 5.41) is 27.2. The van der Waals surface area contributed by atoms with Crippen molar-refractivity contribution in [2.24, 2.45) is 5.92 Å². The van der Waals surface area contributed by atoms with Gasteiger partial charge in [-0.2, -0.15) is 0 Å². The minimum absolute atomic E-state index is 0.0688. The third kappa shape index (κ3) is 9.43. The normalized spacial score (nSPS) is 14.6. The average Bonchev–Trinajstić information content (AvgIpc) is 2.58. The summed E-state index contributed by atoms with van der Waals surface area (Å²) in [4.78, 5) is 36.3. The van der Waals surface area contributed by atoms with E-state index in [0.717, 1.165) is 5.56 Å². The van der Waals surface area contributed by atoms with Gasteiger partial charge < -0.3 is 26.2 Å². The topological polar surface area (TPSA) is 128 Å². The molecule has 3 atom stereocenters. The molecule has 8 heteroatoms. The number of aliphatic hydroxyl groups is 1. The van der Waals surface area contributed by atoms with Crippen molar-refractivity contribution in [1.29, 1.82) is 0 Å². The van der Waals surface area contributed by atoms with Gasteiger partial charge in [-0.3, -0.25) is 9.59 Å². The van der Waals surface area contributed by atoms with E-state index in [9.17, 15) is 19.5 Å². The first kappa shape index (κ1) is 24.4. The largest absolute Gasteiger partial charge is 0.465 e. The summed E-state index contributed by atoms with van der Waals surface area (Å²) >= 11 is 0. The fourth-order valence-corrected chi connectivity index (χ4v) is 2.87. The van der Waals surface area contributed by atoms with Crippen LogP contribution in [0.3, 0.4) is 0 Å². The van der Waals surface area contributed by atoms with Crippen LogP contribution in [0.15, 0.2) is 30.3 Å². The Kier molecular flexibility index (Phi) is 9.10. The van der Waals surface area contributed by atoms with Gasteiger partial charge in [-0.15, -0.1) is 0 Å². The predicted molar refractivity (Wildman–Crippen MR) is 110 cm³/mol. The van der Waals surface area contributed by atoms with Gasteiger partial charge in [0.1, 0.15) is 6.04 Å². The molecule has 29 heavy (non-hydrogen) atoms. The molecular formula is C21H33N3O5. The summed E-state index contributed by atoms with van der Waals surface area (Å²) in [6.45, 7) is 9.11. The van der Waals surface area contributed by atoms with Gasteiger partial charge in [0, 0.05) is 5.54 Å². The predicted octanol–water partition coefficient (Wildman–Crippen LogP) is 1.67. The van der Waals surface area contributed by atoms with E-state index in [1.807, 2.05) is 44.2 Å². The van der Waals surface area contributed by atoms with Crippen molar-refractivity contribution in [1.82, 2.24) is 16.0 Å². The van der Waals surface area contributed by atoms with Gasteiger partial charge in [-0.25, -0.2) is 4.79 Å². The fraction of sp³-hybridized carbons (Fsp3) is 0.571. The molecule has 0 aliphatic carbocycles. The summed E-state index contributed by atoms with van der Waals surface area (Å²) < 4.78 is 0. The van der Waals surface area contributed by atoms with Crippen LogP contribution in [0.2, 0.25) is 0 Å². The number of carboxylic acid groups (broad SMARTS) is 1. The first-order chi connectivity index (χ1) is 13.4. The maximum atomic E-state index is 12.7. The van der Waals surface area contributed by atoms with Gasteiger partial charge >= 0.3 is 6.09 Å². The zero-order chi connectivity index (χ0) is 22.2. The Morgan fingerprint density at radius 1 is 1.00 bits per heavy atom. The van der Waals surface area contributed by atoms with Crippen molar-refractivity contribution < 1.29 is 24.6 Å². The van der Waals surface area contributed by atoms with Crippen LogP contribution in [0.25, 0.3) is 0 Å². The molecule has 0 fully saturated rings. The van der Waals surface area contributed by atoms with Crippen molar-refractivity contribution in [3.63, 3.8) is 0 Å². The number of hydrogen-bond acceptors (Lipinski definition) is 4. The van der Waals surface area contributed by atoms with Crippen LogP contribution in [-0.4, -0.2) is 51.8 Å². The second-order valence-corrected chi connectivity index (χ2v) is 8.62. The summed E-state index contributed by atoms with van der Waals surface area (Å²) in [6, 6.07) is 7.24. The van der Waals surface area contributed by atoms with E-state index in [1.54, 1.807) is 20.8 Å². The van der Waals surface area contributed by atoms with Crippen molar-refractivity contribution >= 4 is 17.9 Å². The Balaban J connectivity index is 3.03. The Morgan fingerprint density at radius 2 is 1.59 bits per heavy atom. The Morgan fingerprint density at radius 3 is 2.07 bits per heavy atom. The van der Waals surface area contributed by atoms with Crippen LogP contribution >= 0.6 is 0 Å². The molecule has 0 aliphatic rings. The first-order valence-corrected chi connectivity index (χ1v) is 9.73. The monoisotopic (exact) mass is 407 g/mol. The molecule has 3 amide bonds. The molecule has 0 spiro atoms. The van der Waals surface area contributed by atoms with Crippen molar-refractivity contribution in [3.05, 3.63) is 35.9 Å². The fourth-order valence-electron chi connectivity index (χ4n) is 2.87. The molecule has 0 aromatic heterocycles. The van der Waals surface area contributed by atoms with Crippen LogP contribution in [0.1, 0.15) is 46.6 Å². The number of nitrogens with one attached hydrogen (secondary N) is 3. The molecule has 1 aromatic rings. The lowest BCUT2D eigenvalue weighted by molar-refractivity contribution is -0.133. The molecular weight excluding hydrogens is 374 g/mol. The maximum Gasteiger partial charge on any atom is 0.405 e. The SMILES string of the molecule is CC(C)C[C@H](NC(=O)O)C(=O)NC(Cc1ccccc1)C(O)C(=O)NC(C)(C)C. The average molecular weight is 408 g/mol. The van der Waals surface area contributed by atoms with Gasteiger partial charge in [0.05, 0.1) is 6.04 Å². The first-order valence-electron chi connectivity index (χ1n) is 9.73. The van der Waals surface area contributed by atoms with Crippen LogP contribution in [0.5, 0.6) is 0 Å². The van der Waals surface area contributed by atoms with Gasteiger partial charge in [-0.05, 0) is 45.1 Å². The summed E-state index contributed by atoms with van der Waals surface area (Å²) in [5.41, 5.74) is 0.275. The molecule has 0 saturated heterocycles. The van der Waals surface area contributed by atoms with E-state index in [4.69, 9.17) is 5.11 Å². The van der Waals surface area contributed by atoms with E-state index < -0.39 is 41.6 Å². The van der Waals surface area contributed by atoms with E-state index >= 15 is 0 Å². The van der Waals surface area contributed by atoms with Gasteiger partial charge in [0.25, 0.3) is 5.91 Å². The van der Waals surface area contributed by atoms with Gasteiger partial charge in [0.15, 0.2) is 6.10 Å². The number of amides is 3. The molecule has 1 rings (SSSR count). The van der Waals surface area contributed by atoms with E-state index in [2.05, 4.69) is 16.0 Å². The van der Waals surface area contributed by atoms with E-state index in [-0.39, 0.29) is 12.3 Å². The third-order valence-electron chi connectivity index (χ3n) is 4.10. The molecule has 0 heterocycles. The maximum absolute atomic E-state index is 12.7. The molecule has 8 nitrogen and oxygen atoms in total. The summed E-state index contributed by atoms with van der Waals surface area (Å²) in [5.74, 6) is -1.12. The summed E-state index contributed by atoms with van der Waals surface area (Å²) in [6.07, 6.45) is -2.30. The lowest BCUT2D eigenvalue weighted by Gasteiger charge is -2.29. The lowest BCUT2D eigenvalue weighted by atomic mass is 9.98. The Hall–Kier alpha value is -2.61. The van der Waals surface area contributed by atoms with E-state index in [0.29, 0.717) is 6.42 Å². The second-order valence-electron chi connectivity index (χ2n) is 8.62. The second kappa shape index (κ2) is 10.8. The van der Waals surface area contributed by atoms with E-state index in [1.165, 1.54) is 0 Å². The molecule has 0 bridgehead atoms. The van der Waals surface area contributed by atoms with Crippen molar-refractivity contribution in [3.8, 4) is 0 Å². The van der Waals surface area contributed by atoms with Gasteiger partial charge in [-0.1, -0.05) is 44.2 Å². The highest BCUT2D eigenvalue weighted by Crippen LogP contribution is 2.11. The number of benzene rings is 1. The molecule has 162 valence electrons. The zero-order valence-electron chi connectivity index (χ0n) is 17.7. The third-order valence-corrected chi connectivity index (χ3v) is 4.10. The quantitative estimate of drug-likeness (QED) is 0.425. The van der Waals surface area contributed by atoms with Crippen LogP contribution in [0.4, 0.5) is 4.79 Å². The number of rotatable bonds is 9. The number of carbonyl (C=O) groups excluding carboxylic acids is 2. The minimum atomic E-state index is -1.50. The minimum Gasteiger partial charge on any atom is -0.465 e.